The Hall–Kier alpha value is -1.55. The Balaban J connectivity index is 2.93. The van der Waals surface area contributed by atoms with Crippen molar-refractivity contribution >= 4 is 5.84 Å². The van der Waals surface area contributed by atoms with Crippen molar-refractivity contribution in [2.45, 2.75) is 32.7 Å². The van der Waals surface area contributed by atoms with Crippen molar-refractivity contribution in [3.05, 3.63) is 35.9 Å². The molecule has 0 spiro atoms. The molecule has 1 rings (SSSR count). The Morgan fingerprint density at radius 2 is 2.00 bits per heavy atom. The summed E-state index contributed by atoms with van der Waals surface area (Å²) in [5.74, 6) is 0.276. The summed E-state index contributed by atoms with van der Waals surface area (Å²) in [5, 5.41) is 11.9. The van der Waals surface area contributed by atoms with Crippen molar-refractivity contribution in [3.63, 3.8) is 0 Å². The molecule has 0 heterocycles. The number of hydrogen-bond donors (Lipinski definition) is 2. The predicted molar refractivity (Wildman–Crippen MR) is 74.7 cm³/mol. The summed E-state index contributed by atoms with van der Waals surface area (Å²) in [5.41, 5.74) is 6.88. The minimum Gasteiger partial charge on any atom is -0.409 e. The molecule has 4 heteroatoms. The topological polar surface area (TPSA) is 61.8 Å². The maximum absolute atomic E-state index is 8.76. The number of hydrogen-bond acceptors (Lipinski definition) is 3. The van der Waals surface area contributed by atoms with E-state index in [9.17, 15) is 0 Å². The smallest absolute Gasteiger partial charge is 0.141 e. The third kappa shape index (κ3) is 4.04. The van der Waals surface area contributed by atoms with E-state index in [0.717, 1.165) is 19.5 Å². The molecule has 0 radical (unpaired) electrons. The van der Waals surface area contributed by atoms with Crippen LogP contribution >= 0.6 is 0 Å². The summed E-state index contributed by atoms with van der Waals surface area (Å²) in [6.07, 6.45) is 1.64. The Kier molecular flexibility index (Phi) is 6.22. The van der Waals surface area contributed by atoms with Crippen LogP contribution in [0.2, 0.25) is 0 Å². The van der Waals surface area contributed by atoms with E-state index in [1.807, 2.05) is 18.2 Å². The van der Waals surface area contributed by atoms with E-state index in [1.54, 1.807) is 0 Å². The van der Waals surface area contributed by atoms with Crippen LogP contribution in [0, 0.1) is 0 Å². The lowest BCUT2D eigenvalue weighted by Crippen LogP contribution is -2.32. The van der Waals surface area contributed by atoms with Gasteiger partial charge in [0.1, 0.15) is 5.84 Å². The zero-order chi connectivity index (χ0) is 13.4. The molecule has 0 saturated heterocycles. The molecule has 100 valence electrons. The van der Waals surface area contributed by atoms with Gasteiger partial charge in [-0.3, -0.25) is 4.90 Å². The lowest BCUT2D eigenvalue weighted by atomic mass is 10.0. The molecule has 0 aromatic heterocycles. The monoisotopic (exact) mass is 249 g/mol. The third-order valence-electron chi connectivity index (χ3n) is 3.07. The van der Waals surface area contributed by atoms with Crippen LogP contribution in [-0.4, -0.2) is 29.0 Å². The van der Waals surface area contributed by atoms with E-state index in [4.69, 9.17) is 10.9 Å². The summed E-state index contributed by atoms with van der Waals surface area (Å²) in [6, 6.07) is 10.4. The SMILES string of the molecule is CCCN(CC)C(CC(N)=NO)c1ccccc1. The number of oxime groups is 1. The van der Waals surface area contributed by atoms with Crippen molar-refractivity contribution in [2.75, 3.05) is 13.1 Å². The van der Waals surface area contributed by atoms with Gasteiger partial charge in [-0.05, 0) is 25.1 Å². The van der Waals surface area contributed by atoms with E-state index in [1.165, 1.54) is 5.56 Å². The summed E-state index contributed by atoms with van der Waals surface area (Å²) >= 11 is 0. The molecule has 1 aromatic rings. The zero-order valence-corrected chi connectivity index (χ0v) is 11.2. The molecule has 0 bridgehead atoms. The first-order chi connectivity index (χ1) is 8.72. The van der Waals surface area contributed by atoms with Crippen molar-refractivity contribution < 1.29 is 5.21 Å². The van der Waals surface area contributed by atoms with Gasteiger partial charge in [0.2, 0.25) is 0 Å². The average Bonchev–Trinajstić information content (AvgIpc) is 2.43. The fourth-order valence-electron chi connectivity index (χ4n) is 2.19. The third-order valence-corrected chi connectivity index (χ3v) is 3.07. The Labute approximate surface area is 109 Å². The summed E-state index contributed by atoms with van der Waals surface area (Å²) in [4.78, 5) is 2.35. The second kappa shape index (κ2) is 7.71. The molecule has 0 saturated carbocycles. The summed E-state index contributed by atoms with van der Waals surface area (Å²) in [7, 11) is 0. The van der Waals surface area contributed by atoms with Gasteiger partial charge >= 0.3 is 0 Å². The second-order valence-electron chi connectivity index (χ2n) is 4.35. The largest absolute Gasteiger partial charge is 0.409 e. The number of amidine groups is 1. The summed E-state index contributed by atoms with van der Waals surface area (Å²) < 4.78 is 0. The van der Waals surface area contributed by atoms with Gasteiger partial charge < -0.3 is 10.9 Å². The fourth-order valence-corrected chi connectivity index (χ4v) is 2.19. The maximum atomic E-state index is 8.76. The minimum absolute atomic E-state index is 0.173. The van der Waals surface area contributed by atoms with Gasteiger partial charge in [0.05, 0.1) is 0 Å². The minimum atomic E-state index is 0.173. The number of rotatable bonds is 7. The van der Waals surface area contributed by atoms with E-state index in [0.29, 0.717) is 6.42 Å². The Morgan fingerprint density at radius 3 is 2.50 bits per heavy atom. The molecule has 0 aliphatic rings. The molecule has 1 atom stereocenters. The quantitative estimate of drug-likeness (QED) is 0.338. The van der Waals surface area contributed by atoms with E-state index in [2.05, 4.69) is 36.0 Å². The van der Waals surface area contributed by atoms with Gasteiger partial charge in [0.15, 0.2) is 0 Å². The molecule has 18 heavy (non-hydrogen) atoms. The van der Waals surface area contributed by atoms with Crippen molar-refractivity contribution in [2.24, 2.45) is 10.9 Å². The predicted octanol–water partition coefficient (Wildman–Crippen LogP) is 2.60. The van der Waals surface area contributed by atoms with Crippen LogP contribution < -0.4 is 5.73 Å². The highest BCUT2D eigenvalue weighted by Gasteiger charge is 2.19. The van der Waals surface area contributed by atoms with Crippen LogP contribution in [0.1, 0.15) is 38.3 Å². The Bertz CT molecular complexity index is 365. The van der Waals surface area contributed by atoms with Crippen LogP contribution in [-0.2, 0) is 0 Å². The second-order valence-corrected chi connectivity index (χ2v) is 4.35. The van der Waals surface area contributed by atoms with Gasteiger partial charge in [-0.25, -0.2) is 0 Å². The zero-order valence-electron chi connectivity index (χ0n) is 11.2. The average molecular weight is 249 g/mol. The first kappa shape index (κ1) is 14.5. The lowest BCUT2D eigenvalue weighted by Gasteiger charge is -2.30. The number of benzene rings is 1. The molecule has 0 fully saturated rings. The number of nitrogens with two attached hydrogens (primary N) is 1. The van der Waals surface area contributed by atoms with Crippen molar-refractivity contribution in [1.82, 2.24) is 4.90 Å². The maximum Gasteiger partial charge on any atom is 0.141 e. The normalized spacial score (nSPS) is 13.8. The van der Waals surface area contributed by atoms with Crippen molar-refractivity contribution in [3.8, 4) is 0 Å². The van der Waals surface area contributed by atoms with Gasteiger partial charge in [-0.2, -0.15) is 0 Å². The molecule has 0 aliphatic heterocycles. The fraction of sp³-hybridized carbons (Fsp3) is 0.500. The van der Waals surface area contributed by atoms with Crippen LogP contribution in [0.4, 0.5) is 0 Å². The van der Waals surface area contributed by atoms with E-state index < -0.39 is 0 Å². The van der Waals surface area contributed by atoms with Crippen molar-refractivity contribution in [1.29, 1.82) is 0 Å². The molecule has 3 N–H and O–H groups in total. The van der Waals surface area contributed by atoms with Gasteiger partial charge in [0.25, 0.3) is 0 Å². The lowest BCUT2D eigenvalue weighted by molar-refractivity contribution is 0.210. The molecular weight excluding hydrogens is 226 g/mol. The van der Waals surface area contributed by atoms with Crippen LogP contribution in [0.3, 0.4) is 0 Å². The molecule has 1 aromatic carbocycles. The van der Waals surface area contributed by atoms with Gasteiger partial charge in [-0.1, -0.05) is 49.3 Å². The highest BCUT2D eigenvalue weighted by atomic mass is 16.4. The van der Waals surface area contributed by atoms with Gasteiger partial charge in [0, 0.05) is 12.5 Å². The Morgan fingerprint density at radius 1 is 1.33 bits per heavy atom. The molecular formula is C14H23N3O. The van der Waals surface area contributed by atoms with Crippen LogP contribution in [0.5, 0.6) is 0 Å². The molecule has 4 nitrogen and oxygen atoms in total. The standard InChI is InChI=1S/C14H23N3O/c1-3-10-17(4-2)13(11-14(15)16-18)12-8-6-5-7-9-12/h5-9,13,18H,3-4,10-11H2,1-2H3,(H2,15,16). The highest BCUT2D eigenvalue weighted by Crippen LogP contribution is 2.24. The summed E-state index contributed by atoms with van der Waals surface area (Å²) in [6.45, 7) is 6.26. The van der Waals surface area contributed by atoms with Crippen LogP contribution in [0.15, 0.2) is 35.5 Å². The van der Waals surface area contributed by atoms with E-state index >= 15 is 0 Å². The van der Waals surface area contributed by atoms with Gasteiger partial charge in [-0.15, -0.1) is 0 Å². The number of nitrogens with zero attached hydrogens (tertiary/aromatic N) is 2. The highest BCUT2D eigenvalue weighted by molar-refractivity contribution is 5.80. The first-order valence-electron chi connectivity index (χ1n) is 6.48. The van der Waals surface area contributed by atoms with E-state index in [-0.39, 0.29) is 11.9 Å². The van der Waals surface area contributed by atoms with Crippen LogP contribution in [0.25, 0.3) is 0 Å². The first-order valence-corrected chi connectivity index (χ1v) is 6.48. The molecule has 1 unspecified atom stereocenters. The molecule has 0 amide bonds. The molecule has 0 aliphatic carbocycles.